The van der Waals surface area contributed by atoms with Crippen LogP contribution in [-0.2, 0) is 10.8 Å². The highest BCUT2D eigenvalue weighted by molar-refractivity contribution is 7.00. The molecule has 0 unspecified atom stereocenters. The first-order valence-electron chi connectivity index (χ1n) is 29.9. The maximum Gasteiger partial charge on any atom is 0.252 e. The summed E-state index contributed by atoms with van der Waals surface area (Å²) in [5, 5.41) is 2.46. The van der Waals surface area contributed by atoms with E-state index in [4.69, 9.17) is 0 Å². The molecule has 0 N–H and O–H groups in total. The first-order valence-corrected chi connectivity index (χ1v) is 29.9. The lowest BCUT2D eigenvalue weighted by Crippen LogP contribution is -2.61. The Bertz CT molecular complexity index is 4510. The summed E-state index contributed by atoms with van der Waals surface area (Å²) in [6, 6.07) is 86.9. The summed E-state index contributed by atoms with van der Waals surface area (Å²) in [6.07, 6.45) is 0. The fraction of sp³-hybridized carbons (Fsp3) is 0.165. The van der Waals surface area contributed by atoms with Crippen molar-refractivity contribution >= 4 is 96.1 Å². The van der Waals surface area contributed by atoms with Gasteiger partial charge in [-0.2, -0.15) is 0 Å². The lowest BCUT2D eigenvalue weighted by molar-refractivity contribution is 0.590. The van der Waals surface area contributed by atoms with Crippen molar-refractivity contribution in [3.8, 4) is 27.9 Å². The minimum Gasteiger partial charge on any atom is -0.311 e. The van der Waals surface area contributed by atoms with Crippen molar-refractivity contribution in [2.45, 2.75) is 87.0 Å². The van der Waals surface area contributed by atoms with Crippen LogP contribution in [0.1, 0.15) is 80.5 Å². The van der Waals surface area contributed by atoms with Crippen molar-refractivity contribution < 1.29 is 0 Å². The maximum absolute atomic E-state index is 2.65. The van der Waals surface area contributed by atoms with Crippen LogP contribution in [-0.4, -0.2) is 11.3 Å². The van der Waals surface area contributed by atoms with E-state index in [1.165, 1.54) is 128 Å². The van der Waals surface area contributed by atoms with Gasteiger partial charge in [0.1, 0.15) is 0 Å². The van der Waals surface area contributed by atoms with Crippen molar-refractivity contribution in [1.82, 2.24) is 4.57 Å². The summed E-state index contributed by atoms with van der Waals surface area (Å²) in [5.41, 5.74) is 31.5. The van der Waals surface area contributed by atoms with Crippen LogP contribution in [0.25, 0.3) is 49.7 Å². The molecule has 0 saturated heterocycles. The Kier molecular flexibility index (Phi) is 12.5. The fourth-order valence-electron chi connectivity index (χ4n) is 13.9. The molecule has 0 atom stereocenters. The van der Waals surface area contributed by atoms with E-state index in [2.05, 4.69) is 326 Å². The highest BCUT2D eigenvalue weighted by atomic mass is 15.2. The van der Waals surface area contributed by atoms with Gasteiger partial charge in [-0.05, 0) is 220 Å². The quantitative estimate of drug-likeness (QED) is 0.141. The molecule has 0 spiro atoms. The van der Waals surface area contributed by atoms with Crippen LogP contribution >= 0.6 is 0 Å². The lowest BCUT2D eigenvalue weighted by atomic mass is 9.33. The van der Waals surface area contributed by atoms with Gasteiger partial charge in [-0.1, -0.05) is 175 Å². The van der Waals surface area contributed by atoms with E-state index in [1.807, 2.05) is 0 Å². The zero-order valence-corrected chi connectivity index (χ0v) is 50.3. The molecule has 0 aliphatic carbocycles. The molecule has 84 heavy (non-hydrogen) atoms. The second-order valence-electron chi connectivity index (χ2n) is 25.8. The molecule has 0 amide bonds. The van der Waals surface area contributed by atoms with E-state index >= 15 is 0 Å². The van der Waals surface area contributed by atoms with Crippen LogP contribution in [0.5, 0.6) is 0 Å². The number of nitrogens with zero attached hydrogens (tertiary/aromatic N) is 4. The smallest absolute Gasteiger partial charge is 0.252 e. The van der Waals surface area contributed by atoms with Crippen molar-refractivity contribution in [2.75, 3.05) is 14.7 Å². The highest BCUT2D eigenvalue weighted by Crippen LogP contribution is 2.50. The van der Waals surface area contributed by atoms with Crippen LogP contribution in [0.4, 0.5) is 51.2 Å². The van der Waals surface area contributed by atoms with Gasteiger partial charge in [0.05, 0.1) is 22.4 Å². The summed E-state index contributed by atoms with van der Waals surface area (Å²) < 4.78 is 2.43. The maximum atomic E-state index is 2.65. The molecule has 410 valence electrons. The van der Waals surface area contributed by atoms with Gasteiger partial charge in [0.25, 0.3) is 6.71 Å². The normalized spacial score (nSPS) is 12.9. The second kappa shape index (κ2) is 20.0. The van der Waals surface area contributed by atoms with Crippen molar-refractivity contribution in [3.05, 3.63) is 269 Å². The Balaban J connectivity index is 1.05. The molecule has 0 saturated carbocycles. The van der Waals surface area contributed by atoms with Crippen LogP contribution in [0, 0.1) is 34.6 Å². The van der Waals surface area contributed by atoms with Crippen LogP contribution in [0.2, 0.25) is 0 Å². The third-order valence-corrected chi connectivity index (χ3v) is 17.9. The molecule has 2 aliphatic heterocycles. The number of fused-ring (bicyclic) bond motifs is 7. The van der Waals surface area contributed by atoms with Gasteiger partial charge >= 0.3 is 0 Å². The Hall–Kier alpha value is -9.32. The Morgan fingerprint density at radius 3 is 1.39 bits per heavy atom. The first-order chi connectivity index (χ1) is 40.5. The van der Waals surface area contributed by atoms with Crippen molar-refractivity contribution in [3.63, 3.8) is 0 Å². The molecule has 14 rings (SSSR count). The fourth-order valence-corrected chi connectivity index (χ4v) is 13.9. The Morgan fingerprint density at radius 1 is 0.345 bits per heavy atom. The van der Waals surface area contributed by atoms with Crippen LogP contribution < -0.4 is 31.1 Å². The van der Waals surface area contributed by atoms with Crippen LogP contribution in [0.15, 0.2) is 231 Å². The molecular formula is C79H71BN4. The van der Waals surface area contributed by atoms with E-state index in [9.17, 15) is 0 Å². The minimum atomic E-state index is -0.0854. The average molecular weight is 1090 g/mol. The van der Waals surface area contributed by atoms with Gasteiger partial charge in [0.2, 0.25) is 0 Å². The molecule has 0 fully saturated rings. The number of rotatable bonds is 8. The van der Waals surface area contributed by atoms with Gasteiger partial charge in [-0.15, -0.1) is 0 Å². The Morgan fingerprint density at radius 2 is 0.821 bits per heavy atom. The van der Waals surface area contributed by atoms with Crippen molar-refractivity contribution in [1.29, 1.82) is 0 Å². The van der Waals surface area contributed by atoms with Gasteiger partial charge in [0, 0.05) is 56.3 Å². The number of para-hydroxylation sites is 2. The number of aryl methyl sites for hydroxylation is 5. The molecule has 2 aliphatic rings. The molecule has 0 radical (unpaired) electrons. The molecule has 4 nitrogen and oxygen atoms in total. The standard InChI is InChI=1S/C79H71BN4/c1-50-41-73-75-74(42-50)84(77-53(4)45-58(46-54(77)5)56-25-17-13-18-26-56)72-49-64(37-39-67(72)80(75)68-47-60(79(9,10)11)33-40-70(68)83(73)76-51(2)43-57(44-52(76)3)55-23-15-12-16-24-55)81(62-34-31-59(32-35-62)78(6,7)8)63-36-38-66-65-29-21-22-30-69(65)82(71(66)48-63)61-27-19-14-20-28-61/h12-49H,1-11H3. The second-order valence-corrected chi connectivity index (χ2v) is 25.8. The minimum absolute atomic E-state index is 0.0108. The summed E-state index contributed by atoms with van der Waals surface area (Å²) in [7, 11) is 0. The monoisotopic (exact) mass is 1090 g/mol. The zero-order valence-electron chi connectivity index (χ0n) is 50.3. The van der Waals surface area contributed by atoms with Crippen molar-refractivity contribution in [2.24, 2.45) is 0 Å². The molecule has 3 heterocycles. The van der Waals surface area contributed by atoms with E-state index in [1.54, 1.807) is 0 Å². The predicted octanol–water partition coefficient (Wildman–Crippen LogP) is 19.8. The van der Waals surface area contributed by atoms with E-state index < -0.39 is 0 Å². The van der Waals surface area contributed by atoms with Gasteiger partial charge < -0.3 is 19.3 Å². The summed E-state index contributed by atoms with van der Waals surface area (Å²) in [4.78, 5) is 7.76. The number of anilines is 9. The molecule has 1 aromatic heterocycles. The summed E-state index contributed by atoms with van der Waals surface area (Å²) in [6.45, 7) is 25.4. The van der Waals surface area contributed by atoms with Gasteiger partial charge in [-0.3, -0.25) is 0 Å². The van der Waals surface area contributed by atoms with E-state index in [-0.39, 0.29) is 17.5 Å². The summed E-state index contributed by atoms with van der Waals surface area (Å²) in [5.74, 6) is 0. The molecular weight excluding hydrogens is 1020 g/mol. The Labute approximate surface area is 497 Å². The SMILES string of the molecule is Cc1cc2c3c(c1)N(c1c(C)cc(-c4ccccc4)cc1C)c1cc(N(c4ccc(C(C)(C)C)cc4)c4ccc5c6ccccc6n(-c6ccccc6)c5c4)ccc1B3c1cc(C(C)(C)C)ccc1N2c1c(C)cc(-c2ccccc2)cc1C. The molecule has 11 aromatic carbocycles. The lowest BCUT2D eigenvalue weighted by Gasteiger charge is -2.46. The third kappa shape index (κ3) is 8.74. The predicted molar refractivity (Wildman–Crippen MR) is 361 cm³/mol. The largest absolute Gasteiger partial charge is 0.311 e. The van der Waals surface area contributed by atoms with E-state index in [0.717, 1.165) is 28.3 Å². The topological polar surface area (TPSA) is 14.7 Å². The zero-order chi connectivity index (χ0) is 57.9. The van der Waals surface area contributed by atoms with Gasteiger partial charge in [0.15, 0.2) is 0 Å². The highest BCUT2D eigenvalue weighted by Gasteiger charge is 2.45. The number of aromatic nitrogens is 1. The molecule has 12 aromatic rings. The molecule has 5 heteroatoms. The van der Waals surface area contributed by atoms with Gasteiger partial charge in [-0.25, -0.2) is 0 Å². The average Bonchev–Trinajstić information content (AvgIpc) is 1.24. The number of hydrogen-bond acceptors (Lipinski definition) is 3. The molecule has 0 bridgehead atoms. The first kappa shape index (κ1) is 52.7. The summed E-state index contributed by atoms with van der Waals surface area (Å²) >= 11 is 0. The number of hydrogen-bond donors (Lipinski definition) is 0. The van der Waals surface area contributed by atoms with E-state index in [0.29, 0.717) is 0 Å². The van der Waals surface area contributed by atoms with Crippen LogP contribution in [0.3, 0.4) is 0 Å². The third-order valence-electron chi connectivity index (χ3n) is 17.9. The number of benzene rings is 11.